The zero-order valence-corrected chi connectivity index (χ0v) is 12.8. The van der Waals surface area contributed by atoms with Gasteiger partial charge in [0.05, 0.1) is 0 Å². The van der Waals surface area contributed by atoms with Crippen molar-refractivity contribution >= 4 is 5.97 Å². The third-order valence-corrected chi connectivity index (χ3v) is 5.22. The van der Waals surface area contributed by atoms with Gasteiger partial charge < -0.3 is 4.74 Å². The highest BCUT2D eigenvalue weighted by Crippen LogP contribution is 2.58. The number of carbonyl (C=O) groups excluding carboxylic acids is 1. The normalized spacial score (nSPS) is 29.0. The third-order valence-electron chi connectivity index (χ3n) is 5.22. The first-order chi connectivity index (χ1) is 8.14. The summed E-state index contributed by atoms with van der Waals surface area (Å²) in [4.78, 5) is 11.7. The van der Waals surface area contributed by atoms with E-state index in [0.29, 0.717) is 11.5 Å². The molecule has 1 aliphatic carbocycles. The highest BCUT2D eigenvalue weighted by molar-refractivity contribution is 5.87. The number of carbonyl (C=O) groups is 1. The van der Waals surface area contributed by atoms with Crippen LogP contribution in [0.3, 0.4) is 0 Å². The largest absolute Gasteiger partial charge is 0.458 e. The van der Waals surface area contributed by atoms with E-state index in [9.17, 15) is 4.79 Å². The first kappa shape index (κ1) is 15.3. The van der Waals surface area contributed by atoms with E-state index in [-0.39, 0.29) is 22.9 Å². The molecule has 2 heteroatoms. The maximum absolute atomic E-state index is 11.7. The second kappa shape index (κ2) is 5.07. The van der Waals surface area contributed by atoms with Crippen LogP contribution in [-0.2, 0) is 9.53 Å². The van der Waals surface area contributed by atoms with E-state index in [4.69, 9.17) is 4.74 Å². The molecule has 0 aliphatic heterocycles. The van der Waals surface area contributed by atoms with Crippen LogP contribution in [0.25, 0.3) is 0 Å². The lowest BCUT2D eigenvalue weighted by Gasteiger charge is -2.41. The Hall–Kier alpha value is -0.790. The zero-order chi connectivity index (χ0) is 14.1. The maximum Gasteiger partial charge on any atom is 0.333 e. The smallest absolute Gasteiger partial charge is 0.333 e. The van der Waals surface area contributed by atoms with E-state index < -0.39 is 0 Å². The average Bonchev–Trinajstić information content (AvgIpc) is 2.40. The Labute approximate surface area is 112 Å². The number of ether oxygens (including phenoxy) is 1. The van der Waals surface area contributed by atoms with Gasteiger partial charge in [0, 0.05) is 11.0 Å². The molecule has 0 spiro atoms. The van der Waals surface area contributed by atoms with Crippen LogP contribution in [-0.4, -0.2) is 12.1 Å². The quantitative estimate of drug-likeness (QED) is 0.549. The van der Waals surface area contributed by atoms with Crippen LogP contribution in [0.15, 0.2) is 12.2 Å². The molecule has 0 saturated heterocycles. The molecule has 1 saturated carbocycles. The first-order valence-corrected chi connectivity index (χ1v) is 7.01. The van der Waals surface area contributed by atoms with Crippen LogP contribution < -0.4 is 0 Å². The third kappa shape index (κ3) is 2.48. The fourth-order valence-corrected chi connectivity index (χ4v) is 3.04. The Morgan fingerprint density at radius 3 is 2.28 bits per heavy atom. The van der Waals surface area contributed by atoms with Gasteiger partial charge in [0.25, 0.3) is 0 Å². The van der Waals surface area contributed by atoms with E-state index in [1.807, 2.05) is 0 Å². The molecule has 0 aromatic heterocycles. The number of hydrogen-bond donors (Lipinski definition) is 0. The minimum atomic E-state index is -0.249. The molecule has 2 atom stereocenters. The second-order valence-electron chi connectivity index (χ2n) is 6.84. The van der Waals surface area contributed by atoms with E-state index in [1.54, 1.807) is 6.92 Å². The van der Waals surface area contributed by atoms with Crippen molar-refractivity contribution in [2.45, 2.75) is 66.9 Å². The molecular weight excluding hydrogens is 224 g/mol. The molecule has 0 aromatic rings. The minimum absolute atomic E-state index is 0.00764. The predicted octanol–water partition coefficient (Wildman–Crippen LogP) is 4.35. The summed E-state index contributed by atoms with van der Waals surface area (Å²) < 4.78 is 5.66. The molecule has 0 amide bonds. The molecule has 1 fully saturated rings. The van der Waals surface area contributed by atoms with Crippen molar-refractivity contribution in [3.05, 3.63) is 12.2 Å². The summed E-state index contributed by atoms with van der Waals surface area (Å²) in [6, 6.07) is 0. The monoisotopic (exact) mass is 252 g/mol. The second-order valence-corrected chi connectivity index (χ2v) is 6.84. The predicted molar refractivity (Wildman–Crippen MR) is 75.3 cm³/mol. The lowest BCUT2D eigenvalue weighted by atomic mass is 9.65. The molecule has 104 valence electrons. The van der Waals surface area contributed by atoms with Crippen LogP contribution in [0.1, 0.15) is 60.8 Å². The summed E-state index contributed by atoms with van der Waals surface area (Å²) in [6.07, 6.45) is 3.38. The SMILES string of the molecule is C=C(C)C(=O)OC1CC(CCC)C(C)(C)C1(C)C. The molecule has 1 rings (SSSR count). The molecule has 0 aromatic carbocycles. The first-order valence-electron chi connectivity index (χ1n) is 7.01. The molecule has 0 radical (unpaired) electrons. The standard InChI is InChI=1S/C16H28O2/c1-8-9-12-10-13(18-14(17)11(2)3)16(6,7)15(12,4)5/h12-13H,2,8-10H2,1,3-7H3. The van der Waals surface area contributed by atoms with Gasteiger partial charge in [-0.25, -0.2) is 4.79 Å². The van der Waals surface area contributed by atoms with E-state index in [1.165, 1.54) is 12.8 Å². The molecule has 2 nitrogen and oxygen atoms in total. The van der Waals surface area contributed by atoms with Gasteiger partial charge in [0.15, 0.2) is 0 Å². The van der Waals surface area contributed by atoms with Crippen molar-refractivity contribution in [2.24, 2.45) is 16.7 Å². The molecule has 2 unspecified atom stereocenters. The Kier molecular flexibility index (Phi) is 4.30. The Morgan fingerprint density at radius 1 is 1.28 bits per heavy atom. The number of rotatable bonds is 4. The minimum Gasteiger partial charge on any atom is -0.458 e. The van der Waals surface area contributed by atoms with E-state index in [0.717, 1.165) is 6.42 Å². The molecule has 1 aliphatic rings. The van der Waals surface area contributed by atoms with Gasteiger partial charge >= 0.3 is 5.97 Å². The van der Waals surface area contributed by atoms with Crippen LogP contribution in [0, 0.1) is 16.7 Å². The summed E-state index contributed by atoms with van der Waals surface area (Å²) >= 11 is 0. The average molecular weight is 252 g/mol. The molecular formula is C16H28O2. The van der Waals surface area contributed by atoms with Crippen molar-refractivity contribution in [2.75, 3.05) is 0 Å². The van der Waals surface area contributed by atoms with E-state index in [2.05, 4.69) is 41.2 Å². The zero-order valence-electron chi connectivity index (χ0n) is 12.8. The summed E-state index contributed by atoms with van der Waals surface area (Å²) in [7, 11) is 0. The fourth-order valence-electron chi connectivity index (χ4n) is 3.04. The summed E-state index contributed by atoms with van der Waals surface area (Å²) in [5.74, 6) is 0.376. The molecule has 0 N–H and O–H groups in total. The number of hydrogen-bond acceptors (Lipinski definition) is 2. The van der Waals surface area contributed by atoms with Gasteiger partial charge in [-0.05, 0) is 24.7 Å². The van der Waals surface area contributed by atoms with Crippen molar-refractivity contribution in [3.63, 3.8) is 0 Å². The Morgan fingerprint density at radius 2 is 1.83 bits per heavy atom. The van der Waals surface area contributed by atoms with Gasteiger partial charge in [0.1, 0.15) is 6.10 Å². The highest BCUT2D eigenvalue weighted by atomic mass is 16.5. The summed E-state index contributed by atoms with van der Waals surface area (Å²) in [5, 5.41) is 0. The summed E-state index contributed by atoms with van der Waals surface area (Å²) in [5.41, 5.74) is 0.698. The van der Waals surface area contributed by atoms with Gasteiger partial charge in [-0.3, -0.25) is 0 Å². The van der Waals surface area contributed by atoms with Crippen molar-refractivity contribution < 1.29 is 9.53 Å². The van der Waals surface area contributed by atoms with Crippen molar-refractivity contribution in [3.8, 4) is 0 Å². The molecule has 0 heterocycles. The highest BCUT2D eigenvalue weighted by Gasteiger charge is 2.55. The van der Waals surface area contributed by atoms with Crippen LogP contribution in [0.5, 0.6) is 0 Å². The lowest BCUT2D eigenvalue weighted by molar-refractivity contribution is -0.150. The van der Waals surface area contributed by atoms with Crippen LogP contribution in [0.4, 0.5) is 0 Å². The van der Waals surface area contributed by atoms with Crippen LogP contribution in [0.2, 0.25) is 0 Å². The van der Waals surface area contributed by atoms with Gasteiger partial charge in [0.2, 0.25) is 0 Å². The Balaban J connectivity index is 2.89. The van der Waals surface area contributed by atoms with Crippen molar-refractivity contribution in [1.29, 1.82) is 0 Å². The topological polar surface area (TPSA) is 26.3 Å². The van der Waals surface area contributed by atoms with Gasteiger partial charge in [-0.1, -0.05) is 54.0 Å². The molecule has 18 heavy (non-hydrogen) atoms. The Bertz CT molecular complexity index is 339. The van der Waals surface area contributed by atoms with Gasteiger partial charge in [-0.15, -0.1) is 0 Å². The molecule has 0 bridgehead atoms. The lowest BCUT2D eigenvalue weighted by Crippen LogP contribution is -2.39. The van der Waals surface area contributed by atoms with Gasteiger partial charge in [-0.2, -0.15) is 0 Å². The van der Waals surface area contributed by atoms with E-state index >= 15 is 0 Å². The van der Waals surface area contributed by atoms with Crippen molar-refractivity contribution in [1.82, 2.24) is 0 Å². The maximum atomic E-state index is 11.7. The summed E-state index contributed by atoms with van der Waals surface area (Å²) in [6.45, 7) is 16.6. The number of esters is 1. The van der Waals surface area contributed by atoms with Crippen LogP contribution >= 0.6 is 0 Å². The fraction of sp³-hybridized carbons (Fsp3) is 0.812.